The second-order valence-electron chi connectivity index (χ2n) is 7.76. The molecule has 0 fully saturated rings. The van der Waals surface area contributed by atoms with Gasteiger partial charge in [0.25, 0.3) is 5.91 Å². The summed E-state index contributed by atoms with van der Waals surface area (Å²) in [4.78, 5) is 24.7. The molecule has 28 heavy (non-hydrogen) atoms. The molecule has 144 valence electrons. The lowest BCUT2D eigenvalue weighted by atomic mass is 9.86. The number of hydrogen-bond acceptors (Lipinski definition) is 2. The molecule has 0 atom stereocenters. The van der Waals surface area contributed by atoms with Gasteiger partial charge in [-0.2, -0.15) is 0 Å². The molecule has 3 rings (SSSR count). The molecule has 4 nitrogen and oxygen atoms in total. The maximum atomic E-state index is 12.4. The van der Waals surface area contributed by atoms with E-state index in [4.69, 9.17) is 0 Å². The number of amides is 2. The second kappa shape index (κ2) is 8.15. The Kier molecular flexibility index (Phi) is 5.84. The zero-order valence-corrected chi connectivity index (χ0v) is 17.8. The molecule has 0 bridgehead atoms. The standard InChI is InChI=1S/C23H23BrN2O2/c1-23(2,3)19-12-11-17(13-20(19)24)22(28)26-25-21(27)14-16-9-6-8-15-7-4-5-10-18(15)16/h4-13H,14H2,1-3H3,(H,25,27)(H,26,28). The topological polar surface area (TPSA) is 58.2 Å². The first-order chi connectivity index (χ1) is 13.3. The van der Waals surface area contributed by atoms with Crippen molar-refractivity contribution in [2.24, 2.45) is 0 Å². The molecular weight excluding hydrogens is 416 g/mol. The van der Waals surface area contributed by atoms with Crippen LogP contribution in [0.2, 0.25) is 0 Å². The highest BCUT2D eigenvalue weighted by Crippen LogP contribution is 2.30. The van der Waals surface area contributed by atoms with Gasteiger partial charge in [0, 0.05) is 10.0 Å². The van der Waals surface area contributed by atoms with Gasteiger partial charge in [-0.3, -0.25) is 20.4 Å². The van der Waals surface area contributed by atoms with Gasteiger partial charge in [-0.05, 0) is 39.4 Å². The molecule has 0 aliphatic carbocycles. The zero-order valence-electron chi connectivity index (χ0n) is 16.2. The van der Waals surface area contributed by atoms with E-state index in [1.807, 2.05) is 48.5 Å². The van der Waals surface area contributed by atoms with E-state index in [0.717, 1.165) is 26.4 Å². The van der Waals surface area contributed by atoms with Crippen LogP contribution in [0.25, 0.3) is 10.8 Å². The fraction of sp³-hybridized carbons (Fsp3) is 0.217. The van der Waals surface area contributed by atoms with Crippen molar-refractivity contribution in [2.45, 2.75) is 32.6 Å². The van der Waals surface area contributed by atoms with Crippen LogP contribution in [0.15, 0.2) is 65.1 Å². The van der Waals surface area contributed by atoms with E-state index >= 15 is 0 Å². The Labute approximate surface area is 173 Å². The first-order valence-electron chi connectivity index (χ1n) is 9.11. The summed E-state index contributed by atoms with van der Waals surface area (Å²) in [6, 6.07) is 19.2. The van der Waals surface area contributed by atoms with Crippen molar-refractivity contribution in [3.8, 4) is 0 Å². The lowest BCUT2D eigenvalue weighted by Crippen LogP contribution is -2.42. The normalized spacial score (nSPS) is 11.3. The van der Waals surface area contributed by atoms with Crippen molar-refractivity contribution in [1.29, 1.82) is 0 Å². The minimum absolute atomic E-state index is 0.0273. The predicted molar refractivity (Wildman–Crippen MR) is 116 cm³/mol. The number of carbonyl (C=O) groups is 2. The highest BCUT2D eigenvalue weighted by Gasteiger charge is 2.18. The fourth-order valence-corrected chi connectivity index (χ4v) is 4.10. The van der Waals surface area contributed by atoms with Crippen LogP contribution in [0, 0.1) is 0 Å². The van der Waals surface area contributed by atoms with Crippen LogP contribution in [0.3, 0.4) is 0 Å². The first kappa shape index (κ1) is 20.1. The molecule has 2 N–H and O–H groups in total. The molecule has 5 heteroatoms. The molecule has 0 unspecified atom stereocenters. The van der Waals surface area contributed by atoms with Crippen LogP contribution in [0.1, 0.15) is 42.3 Å². The molecule has 0 aliphatic rings. The van der Waals surface area contributed by atoms with Gasteiger partial charge >= 0.3 is 0 Å². The number of benzene rings is 3. The first-order valence-corrected chi connectivity index (χ1v) is 9.91. The molecule has 0 saturated heterocycles. The molecule has 0 radical (unpaired) electrons. The second-order valence-corrected chi connectivity index (χ2v) is 8.62. The summed E-state index contributed by atoms with van der Waals surface area (Å²) in [5.74, 6) is -0.623. The maximum Gasteiger partial charge on any atom is 0.269 e. The Morgan fingerprint density at radius 3 is 2.36 bits per heavy atom. The summed E-state index contributed by atoms with van der Waals surface area (Å²) < 4.78 is 0.870. The molecule has 0 spiro atoms. The fourth-order valence-electron chi connectivity index (χ4n) is 3.13. The third-order valence-electron chi connectivity index (χ3n) is 4.59. The number of hydrazine groups is 1. The van der Waals surface area contributed by atoms with Gasteiger partial charge in [0.05, 0.1) is 6.42 Å². The average molecular weight is 439 g/mol. The Morgan fingerprint density at radius 2 is 1.64 bits per heavy atom. The van der Waals surface area contributed by atoms with Crippen molar-refractivity contribution < 1.29 is 9.59 Å². The third-order valence-corrected chi connectivity index (χ3v) is 5.24. The van der Waals surface area contributed by atoms with Gasteiger partial charge in [0.1, 0.15) is 0 Å². The quantitative estimate of drug-likeness (QED) is 0.571. The number of hydrogen-bond donors (Lipinski definition) is 2. The van der Waals surface area contributed by atoms with E-state index in [2.05, 4.69) is 47.6 Å². The van der Waals surface area contributed by atoms with Crippen LogP contribution < -0.4 is 10.9 Å². The highest BCUT2D eigenvalue weighted by atomic mass is 79.9. The van der Waals surface area contributed by atoms with E-state index in [0.29, 0.717) is 5.56 Å². The number of fused-ring (bicyclic) bond motifs is 1. The summed E-state index contributed by atoms with van der Waals surface area (Å²) in [6.45, 7) is 6.33. The van der Waals surface area contributed by atoms with E-state index in [-0.39, 0.29) is 23.7 Å². The van der Waals surface area contributed by atoms with Crippen LogP contribution in [-0.2, 0) is 16.6 Å². The van der Waals surface area contributed by atoms with Crippen LogP contribution in [-0.4, -0.2) is 11.8 Å². The predicted octanol–water partition coefficient (Wildman–Crippen LogP) is 4.90. The highest BCUT2D eigenvalue weighted by molar-refractivity contribution is 9.10. The monoisotopic (exact) mass is 438 g/mol. The van der Waals surface area contributed by atoms with Crippen molar-refractivity contribution in [3.63, 3.8) is 0 Å². The van der Waals surface area contributed by atoms with Crippen molar-refractivity contribution in [1.82, 2.24) is 10.9 Å². The molecular formula is C23H23BrN2O2. The van der Waals surface area contributed by atoms with Gasteiger partial charge in [-0.1, -0.05) is 85.2 Å². The minimum atomic E-state index is -0.354. The van der Waals surface area contributed by atoms with E-state index < -0.39 is 0 Å². The van der Waals surface area contributed by atoms with Crippen molar-refractivity contribution in [2.75, 3.05) is 0 Å². The lowest BCUT2D eigenvalue weighted by molar-refractivity contribution is -0.121. The largest absolute Gasteiger partial charge is 0.273 e. The Morgan fingerprint density at radius 1 is 0.929 bits per heavy atom. The summed E-state index contributed by atoms with van der Waals surface area (Å²) in [5.41, 5.74) is 7.48. The summed E-state index contributed by atoms with van der Waals surface area (Å²) in [7, 11) is 0. The van der Waals surface area contributed by atoms with Crippen LogP contribution in [0.4, 0.5) is 0 Å². The minimum Gasteiger partial charge on any atom is -0.273 e. The number of carbonyl (C=O) groups excluding carboxylic acids is 2. The number of nitrogens with one attached hydrogen (secondary N) is 2. The Balaban J connectivity index is 1.64. The van der Waals surface area contributed by atoms with Crippen molar-refractivity contribution >= 4 is 38.5 Å². The van der Waals surface area contributed by atoms with Crippen molar-refractivity contribution in [3.05, 3.63) is 81.8 Å². The third kappa shape index (κ3) is 4.60. The summed E-state index contributed by atoms with van der Waals surface area (Å²) >= 11 is 3.53. The molecule has 0 aliphatic heterocycles. The zero-order chi connectivity index (χ0) is 20.3. The molecule has 0 saturated carbocycles. The van der Waals surface area contributed by atoms with Crippen LogP contribution >= 0.6 is 15.9 Å². The maximum absolute atomic E-state index is 12.4. The van der Waals surface area contributed by atoms with E-state index in [1.165, 1.54) is 0 Å². The number of halogens is 1. The summed E-state index contributed by atoms with van der Waals surface area (Å²) in [5, 5.41) is 2.12. The molecule has 0 heterocycles. The average Bonchev–Trinajstić information content (AvgIpc) is 2.65. The van der Waals surface area contributed by atoms with Crippen LogP contribution in [0.5, 0.6) is 0 Å². The summed E-state index contributed by atoms with van der Waals surface area (Å²) in [6.07, 6.45) is 0.189. The van der Waals surface area contributed by atoms with E-state index in [1.54, 1.807) is 12.1 Å². The SMILES string of the molecule is CC(C)(C)c1ccc(C(=O)NNC(=O)Cc2cccc3ccccc23)cc1Br. The van der Waals surface area contributed by atoms with Gasteiger partial charge in [0.15, 0.2) is 0 Å². The molecule has 3 aromatic rings. The van der Waals surface area contributed by atoms with Gasteiger partial charge in [-0.25, -0.2) is 0 Å². The smallest absolute Gasteiger partial charge is 0.269 e. The molecule has 0 aromatic heterocycles. The number of rotatable bonds is 3. The lowest BCUT2D eigenvalue weighted by Gasteiger charge is -2.21. The molecule has 2 amide bonds. The Bertz CT molecular complexity index is 1030. The van der Waals surface area contributed by atoms with Gasteiger partial charge in [0.2, 0.25) is 5.91 Å². The Hall–Kier alpha value is -2.66. The molecule has 3 aromatic carbocycles. The van der Waals surface area contributed by atoms with Gasteiger partial charge < -0.3 is 0 Å². The van der Waals surface area contributed by atoms with E-state index in [9.17, 15) is 9.59 Å². The van der Waals surface area contributed by atoms with Gasteiger partial charge in [-0.15, -0.1) is 0 Å².